The third-order valence-corrected chi connectivity index (χ3v) is 4.22. The predicted molar refractivity (Wildman–Crippen MR) is 99.3 cm³/mol. The van der Waals surface area contributed by atoms with Gasteiger partial charge in [0.05, 0.1) is 12.1 Å². The minimum absolute atomic E-state index is 0. The van der Waals surface area contributed by atoms with Gasteiger partial charge in [-0.3, -0.25) is 9.59 Å². The largest absolute Gasteiger partial charge is 0.381 e. The normalized spacial score (nSPS) is 17.2. The second-order valence-corrected chi connectivity index (χ2v) is 6.80. The van der Waals surface area contributed by atoms with Crippen LogP contribution in [0.2, 0.25) is 0 Å². The molecule has 0 aliphatic heterocycles. The van der Waals surface area contributed by atoms with E-state index in [4.69, 9.17) is 5.73 Å². The molecule has 1 aromatic rings. The molecule has 7 heteroatoms. The molecular formula is C18H28ClN3O3. The predicted octanol–water partition coefficient (Wildman–Crippen LogP) is 0.758. The van der Waals surface area contributed by atoms with Gasteiger partial charge in [-0.2, -0.15) is 0 Å². The number of carbonyl (C=O) groups excluding carboxylic acids is 2. The summed E-state index contributed by atoms with van der Waals surface area (Å²) < 4.78 is 0. The zero-order chi connectivity index (χ0) is 17.7. The van der Waals surface area contributed by atoms with Gasteiger partial charge in [-0.1, -0.05) is 44.2 Å². The number of carbonyl (C=O) groups is 2. The summed E-state index contributed by atoms with van der Waals surface area (Å²) in [7, 11) is 0. The molecule has 2 amide bonds. The van der Waals surface area contributed by atoms with E-state index in [9.17, 15) is 14.7 Å². The van der Waals surface area contributed by atoms with Gasteiger partial charge >= 0.3 is 0 Å². The summed E-state index contributed by atoms with van der Waals surface area (Å²) in [5, 5.41) is 15.9. The van der Waals surface area contributed by atoms with Crippen molar-refractivity contribution in [2.45, 2.75) is 57.3 Å². The van der Waals surface area contributed by atoms with Crippen LogP contribution in [0.5, 0.6) is 0 Å². The molecule has 1 aliphatic carbocycles. The van der Waals surface area contributed by atoms with Gasteiger partial charge in [0.15, 0.2) is 6.10 Å². The summed E-state index contributed by atoms with van der Waals surface area (Å²) in [4.78, 5) is 24.4. The first-order valence-electron chi connectivity index (χ1n) is 8.46. The highest BCUT2D eigenvalue weighted by Crippen LogP contribution is 2.19. The van der Waals surface area contributed by atoms with Crippen molar-refractivity contribution in [3.05, 3.63) is 35.9 Å². The number of halogens is 1. The van der Waals surface area contributed by atoms with Crippen LogP contribution in [0.3, 0.4) is 0 Å². The van der Waals surface area contributed by atoms with Crippen molar-refractivity contribution in [2.75, 3.05) is 0 Å². The number of benzene rings is 1. The average Bonchev–Trinajstić information content (AvgIpc) is 3.37. The van der Waals surface area contributed by atoms with Crippen molar-refractivity contribution >= 4 is 24.2 Å². The molecule has 6 nitrogen and oxygen atoms in total. The number of aliphatic hydroxyl groups excluding tert-OH is 1. The van der Waals surface area contributed by atoms with Gasteiger partial charge in [0.25, 0.3) is 5.91 Å². The van der Waals surface area contributed by atoms with Gasteiger partial charge < -0.3 is 21.5 Å². The van der Waals surface area contributed by atoms with Crippen LogP contribution in [-0.4, -0.2) is 41.2 Å². The van der Waals surface area contributed by atoms with E-state index >= 15 is 0 Å². The number of aliphatic hydroxyl groups is 1. The van der Waals surface area contributed by atoms with Crippen molar-refractivity contribution < 1.29 is 14.7 Å². The van der Waals surface area contributed by atoms with E-state index < -0.39 is 24.1 Å². The number of nitrogens with one attached hydrogen (secondary N) is 2. The molecule has 1 saturated carbocycles. The highest BCUT2D eigenvalue weighted by Gasteiger charge is 2.33. The Hall–Kier alpha value is -1.63. The first-order valence-corrected chi connectivity index (χ1v) is 8.46. The van der Waals surface area contributed by atoms with Crippen molar-refractivity contribution in [3.63, 3.8) is 0 Å². The second kappa shape index (κ2) is 9.75. The van der Waals surface area contributed by atoms with Gasteiger partial charge in [-0.05, 0) is 30.7 Å². The lowest BCUT2D eigenvalue weighted by Gasteiger charge is -2.26. The molecule has 5 N–H and O–H groups in total. The summed E-state index contributed by atoms with van der Waals surface area (Å²) in [6.45, 7) is 3.71. The number of hydrogen-bond donors (Lipinski definition) is 4. The Bertz CT molecular complexity index is 564. The first kappa shape index (κ1) is 21.4. The zero-order valence-corrected chi connectivity index (χ0v) is 15.5. The molecule has 0 spiro atoms. The SMILES string of the molecule is CC(C)[C@H](N)C(=O)NC(Cc1ccccc1)C(O)C(=O)NC1CC1.Cl. The molecule has 0 saturated heterocycles. The van der Waals surface area contributed by atoms with Crippen LogP contribution >= 0.6 is 12.4 Å². The van der Waals surface area contributed by atoms with Gasteiger partial charge in [0, 0.05) is 6.04 Å². The molecule has 0 heterocycles. The molecule has 0 aromatic heterocycles. The molecule has 25 heavy (non-hydrogen) atoms. The van der Waals surface area contributed by atoms with E-state index in [0.29, 0.717) is 6.42 Å². The quantitative estimate of drug-likeness (QED) is 0.543. The molecule has 3 atom stereocenters. The van der Waals surface area contributed by atoms with E-state index in [2.05, 4.69) is 10.6 Å². The third-order valence-electron chi connectivity index (χ3n) is 4.22. The monoisotopic (exact) mass is 369 g/mol. The maximum Gasteiger partial charge on any atom is 0.251 e. The van der Waals surface area contributed by atoms with Crippen LogP contribution in [-0.2, 0) is 16.0 Å². The van der Waals surface area contributed by atoms with E-state index in [-0.39, 0.29) is 30.3 Å². The van der Waals surface area contributed by atoms with Crippen molar-refractivity contribution in [2.24, 2.45) is 11.7 Å². The fourth-order valence-electron chi connectivity index (χ4n) is 2.39. The van der Waals surface area contributed by atoms with Crippen LogP contribution in [0, 0.1) is 5.92 Å². The Morgan fingerprint density at radius 1 is 1.20 bits per heavy atom. The molecule has 0 radical (unpaired) electrons. The maximum absolute atomic E-state index is 12.3. The fraction of sp³-hybridized carbons (Fsp3) is 0.556. The second-order valence-electron chi connectivity index (χ2n) is 6.80. The minimum Gasteiger partial charge on any atom is -0.381 e. The maximum atomic E-state index is 12.3. The summed E-state index contributed by atoms with van der Waals surface area (Å²) in [5.74, 6) is -0.833. The third kappa shape index (κ3) is 6.65. The standard InChI is InChI=1S/C18H27N3O3.ClH/c1-11(2)15(19)17(23)21-14(10-12-6-4-3-5-7-12)16(22)18(24)20-13-8-9-13;/h3-7,11,13-16,22H,8-10,19H2,1-2H3,(H,20,24)(H,21,23);1H/t14?,15-,16?;/m0./s1. The Morgan fingerprint density at radius 3 is 2.32 bits per heavy atom. The van der Waals surface area contributed by atoms with Crippen molar-refractivity contribution in [1.29, 1.82) is 0 Å². The van der Waals surface area contributed by atoms with Crippen LogP contribution in [0.25, 0.3) is 0 Å². The van der Waals surface area contributed by atoms with Crippen molar-refractivity contribution in [1.82, 2.24) is 10.6 Å². The lowest BCUT2D eigenvalue weighted by atomic mass is 9.98. The highest BCUT2D eigenvalue weighted by molar-refractivity contribution is 5.86. The average molecular weight is 370 g/mol. The molecular weight excluding hydrogens is 342 g/mol. The van der Waals surface area contributed by atoms with Crippen LogP contribution in [0.4, 0.5) is 0 Å². The first-order chi connectivity index (χ1) is 11.4. The smallest absolute Gasteiger partial charge is 0.251 e. The Labute approximate surface area is 155 Å². The molecule has 0 bridgehead atoms. The van der Waals surface area contributed by atoms with Crippen molar-refractivity contribution in [3.8, 4) is 0 Å². The summed E-state index contributed by atoms with van der Waals surface area (Å²) in [6, 6.07) is 8.20. The van der Waals surface area contributed by atoms with E-state index in [1.807, 2.05) is 44.2 Å². The van der Waals surface area contributed by atoms with Gasteiger partial charge in [-0.15, -0.1) is 12.4 Å². The molecule has 1 fully saturated rings. The highest BCUT2D eigenvalue weighted by atomic mass is 35.5. The van der Waals surface area contributed by atoms with Crippen LogP contribution in [0.15, 0.2) is 30.3 Å². The number of hydrogen-bond acceptors (Lipinski definition) is 4. The topological polar surface area (TPSA) is 104 Å². The lowest BCUT2D eigenvalue weighted by molar-refractivity contribution is -0.132. The summed E-state index contributed by atoms with van der Waals surface area (Å²) in [5.41, 5.74) is 6.80. The minimum atomic E-state index is -1.31. The molecule has 1 aromatic carbocycles. The molecule has 140 valence electrons. The molecule has 2 unspecified atom stereocenters. The van der Waals surface area contributed by atoms with Crippen LogP contribution in [0.1, 0.15) is 32.3 Å². The van der Waals surface area contributed by atoms with Gasteiger partial charge in [-0.25, -0.2) is 0 Å². The lowest BCUT2D eigenvalue weighted by Crippen LogP contribution is -2.56. The van der Waals surface area contributed by atoms with E-state index in [1.165, 1.54) is 0 Å². The number of nitrogens with two attached hydrogens (primary N) is 1. The summed E-state index contributed by atoms with van der Waals surface area (Å²) >= 11 is 0. The van der Waals surface area contributed by atoms with E-state index in [1.54, 1.807) is 0 Å². The van der Waals surface area contributed by atoms with Gasteiger partial charge in [0.1, 0.15) is 0 Å². The molecule has 1 aliphatic rings. The Balaban J connectivity index is 0.00000312. The van der Waals surface area contributed by atoms with E-state index in [0.717, 1.165) is 18.4 Å². The Morgan fingerprint density at radius 2 is 1.80 bits per heavy atom. The Kier molecular flexibility index (Phi) is 8.35. The number of amides is 2. The summed E-state index contributed by atoms with van der Waals surface area (Å²) in [6.07, 6.45) is 0.921. The molecule has 2 rings (SSSR count). The van der Waals surface area contributed by atoms with Crippen LogP contribution < -0.4 is 16.4 Å². The fourth-order valence-corrected chi connectivity index (χ4v) is 2.39. The van der Waals surface area contributed by atoms with Gasteiger partial charge in [0.2, 0.25) is 5.91 Å². The number of rotatable bonds is 8. The zero-order valence-electron chi connectivity index (χ0n) is 14.6.